The molecule has 0 fully saturated rings. The van der Waals surface area contributed by atoms with Crippen molar-refractivity contribution in [1.29, 1.82) is 5.26 Å². The van der Waals surface area contributed by atoms with Crippen molar-refractivity contribution < 1.29 is 8.42 Å². The molecule has 0 spiro atoms. The van der Waals surface area contributed by atoms with Crippen LogP contribution >= 0.6 is 45.5 Å². The molecule has 8 nitrogen and oxygen atoms in total. The molecule has 0 saturated carbocycles. The molecule has 31 heavy (non-hydrogen) atoms. The first kappa shape index (κ1) is 21.7. The first-order chi connectivity index (χ1) is 14.8. The summed E-state index contributed by atoms with van der Waals surface area (Å²) in [6.07, 6.45) is 4.01. The van der Waals surface area contributed by atoms with Crippen LogP contribution in [-0.4, -0.2) is 34.8 Å². The Kier molecular flexibility index (Phi) is 5.98. The molecule has 0 aliphatic heterocycles. The number of aromatic nitrogens is 4. The minimum Gasteiger partial charge on any atom is -0.327 e. The van der Waals surface area contributed by atoms with Gasteiger partial charge < -0.3 is 4.98 Å². The number of hydrogen-bond donors (Lipinski definition) is 2. The third kappa shape index (κ3) is 4.57. The summed E-state index contributed by atoms with van der Waals surface area (Å²) in [5, 5.41) is 18.7. The minimum atomic E-state index is -3.49. The lowest BCUT2D eigenvalue weighted by Gasteiger charge is -2.07. The van der Waals surface area contributed by atoms with Crippen molar-refractivity contribution >= 4 is 61.4 Å². The van der Waals surface area contributed by atoms with Gasteiger partial charge >= 0.3 is 0 Å². The van der Waals surface area contributed by atoms with Crippen LogP contribution in [0.5, 0.6) is 0 Å². The molecule has 0 aliphatic carbocycles. The SMILES string of the molecule is CS(=O)(=O)Nc1cc(-c2sc(-c3nnc[nH]3)c(-c3ccc(Cl)cc3I)c2C#N)ccn1. The first-order valence-electron chi connectivity index (χ1n) is 8.60. The van der Waals surface area contributed by atoms with Crippen molar-refractivity contribution in [3.63, 3.8) is 0 Å². The van der Waals surface area contributed by atoms with Crippen molar-refractivity contribution in [1.82, 2.24) is 20.2 Å². The number of nitrogens with one attached hydrogen (secondary N) is 2. The van der Waals surface area contributed by atoms with Gasteiger partial charge in [-0.3, -0.25) is 4.72 Å². The molecule has 3 aromatic heterocycles. The second-order valence-electron chi connectivity index (χ2n) is 6.39. The first-order valence-corrected chi connectivity index (χ1v) is 12.8. The van der Waals surface area contributed by atoms with Gasteiger partial charge in [-0.1, -0.05) is 17.7 Å². The quantitative estimate of drug-likeness (QED) is 0.327. The van der Waals surface area contributed by atoms with E-state index in [-0.39, 0.29) is 5.82 Å². The molecule has 4 rings (SSSR count). The van der Waals surface area contributed by atoms with Crippen molar-refractivity contribution in [3.05, 3.63) is 57.0 Å². The zero-order chi connectivity index (χ0) is 22.2. The standard InChI is InChI=1S/C19H12ClIN6O2S2/c1-31(28,29)27-15-6-10(4-5-23-15)17-13(8-22)16(12-3-2-11(20)7-14(12)21)18(30-17)19-24-9-25-26-19/h2-7,9H,1H3,(H,23,27)(H,24,25,26). The van der Waals surface area contributed by atoms with Gasteiger partial charge in [0.25, 0.3) is 0 Å². The van der Waals surface area contributed by atoms with Crippen LogP contribution in [0.15, 0.2) is 42.9 Å². The van der Waals surface area contributed by atoms with Crippen LogP contribution < -0.4 is 4.72 Å². The number of rotatable bonds is 5. The van der Waals surface area contributed by atoms with Crippen LogP contribution in [-0.2, 0) is 10.0 Å². The van der Waals surface area contributed by atoms with E-state index in [0.29, 0.717) is 32.4 Å². The Morgan fingerprint density at radius 3 is 2.71 bits per heavy atom. The van der Waals surface area contributed by atoms with Crippen molar-refractivity contribution in [2.75, 3.05) is 11.0 Å². The third-order valence-electron chi connectivity index (χ3n) is 4.16. The highest BCUT2D eigenvalue weighted by Gasteiger charge is 2.25. The largest absolute Gasteiger partial charge is 0.327 e. The van der Waals surface area contributed by atoms with E-state index in [2.05, 4.69) is 53.5 Å². The Morgan fingerprint density at radius 1 is 1.26 bits per heavy atom. The molecule has 1 aromatic carbocycles. The summed E-state index contributed by atoms with van der Waals surface area (Å²) in [5.74, 6) is 0.693. The molecule has 0 unspecified atom stereocenters. The van der Waals surface area contributed by atoms with Gasteiger partial charge in [0, 0.05) is 20.4 Å². The van der Waals surface area contributed by atoms with Crippen LogP contribution in [0, 0.1) is 14.9 Å². The average molecular weight is 583 g/mol. The Labute approximate surface area is 200 Å². The highest BCUT2D eigenvalue weighted by atomic mass is 127. The molecule has 0 saturated heterocycles. The van der Waals surface area contributed by atoms with Crippen LogP contribution in [0.4, 0.5) is 5.82 Å². The maximum absolute atomic E-state index is 11.6. The number of halogens is 2. The highest BCUT2D eigenvalue weighted by molar-refractivity contribution is 14.1. The predicted molar refractivity (Wildman–Crippen MR) is 129 cm³/mol. The molecular weight excluding hydrogens is 571 g/mol. The topological polar surface area (TPSA) is 124 Å². The molecule has 12 heteroatoms. The summed E-state index contributed by atoms with van der Waals surface area (Å²) in [6, 6.07) is 11.1. The van der Waals surface area contributed by atoms with Crippen LogP contribution in [0.3, 0.4) is 0 Å². The third-order valence-corrected chi connectivity index (χ3v) is 7.12. The molecule has 0 aliphatic rings. The lowest BCUT2D eigenvalue weighted by molar-refractivity contribution is 0.606. The second-order valence-corrected chi connectivity index (χ2v) is 10.8. The summed E-state index contributed by atoms with van der Waals surface area (Å²) in [7, 11) is -3.49. The number of thiophene rings is 1. The zero-order valence-corrected chi connectivity index (χ0v) is 20.3. The van der Waals surface area contributed by atoms with E-state index >= 15 is 0 Å². The van der Waals surface area contributed by atoms with Crippen LogP contribution in [0.1, 0.15) is 5.56 Å². The van der Waals surface area contributed by atoms with Crippen LogP contribution in [0.2, 0.25) is 5.02 Å². The normalized spacial score (nSPS) is 11.3. The molecule has 156 valence electrons. The van der Waals surface area contributed by atoms with E-state index in [0.717, 1.165) is 20.3 Å². The van der Waals surface area contributed by atoms with Crippen molar-refractivity contribution in [2.45, 2.75) is 0 Å². The lowest BCUT2D eigenvalue weighted by atomic mass is 9.98. The fraction of sp³-hybridized carbons (Fsp3) is 0.0526. The molecular formula is C19H12ClIN6O2S2. The predicted octanol–water partition coefficient (Wildman–Crippen LogP) is 4.76. The van der Waals surface area contributed by atoms with E-state index in [9.17, 15) is 13.7 Å². The summed E-state index contributed by atoms with van der Waals surface area (Å²) >= 11 is 9.67. The summed E-state index contributed by atoms with van der Waals surface area (Å²) in [6.45, 7) is 0. The molecule has 2 N–H and O–H groups in total. The van der Waals surface area contributed by atoms with Crippen LogP contribution in [0.25, 0.3) is 32.3 Å². The molecule has 0 bridgehead atoms. The Balaban J connectivity index is 1.98. The van der Waals surface area contributed by atoms with Gasteiger partial charge in [-0.05, 0) is 58.0 Å². The van der Waals surface area contributed by atoms with Crippen molar-refractivity contribution in [2.24, 2.45) is 0 Å². The maximum Gasteiger partial charge on any atom is 0.230 e. The monoisotopic (exact) mass is 582 g/mol. The van der Waals surface area contributed by atoms with E-state index in [1.165, 1.54) is 23.9 Å². The number of hydrogen-bond acceptors (Lipinski definition) is 7. The van der Waals surface area contributed by atoms with E-state index in [4.69, 9.17) is 11.6 Å². The molecule has 0 radical (unpaired) electrons. The summed E-state index contributed by atoms with van der Waals surface area (Å²) in [4.78, 5) is 8.45. The Morgan fingerprint density at radius 2 is 2.06 bits per heavy atom. The number of pyridine rings is 1. The molecule has 0 amide bonds. The molecule has 0 atom stereocenters. The number of anilines is 1. The number of nitrogens with zero attached hydrogens (tertiary/aromatic N) is 4. The number of nitriles is 1. The van der Waals surface area contributed by atoms with Crippen molar-refractivity contribution in [3.8, 4) is 38.3 Å². The Hall–Kier alpha value is -2.53. The molecule has 3 heterocycles. The number of sulfonamides is 1. The highest BCUT2D eigenvalue weighted by Crippen LogP contribution is 2.47. The van der Waals surface area contributed by atoms with Gasteiger partial charge in [0.1, 0.15) is 18.2 Å². The fourth-order valence-corrected chi connectivity index (χ4v) is 5.83. The fourth-order valence-electron chi connectivity index (χ4n) is 2.99. The zero-order valence-electron chi connectivity index (χ0n) is 15.7. The van der Waals surface area contributed by atoms with E-state index < -0.39 is 10.0 Å². The number of H-pyrrole nitrogens is 1. The van der Waals surface area contributed by atoms with Gasteiger partial charge in [0.2, 0.25) is 10.0 Å². The number of benzene rings is 1. The number of aromatic amines is 1. The van der Waals surface area contributed by atoms with Gasteiger partial charge in [0.15, 0.2) is 5.82 Å². The van der Waals surface area contributed by atoms with Gasteiger partial charge in [0.05, 0.1) is 21.6 Å². The maximum atomic E-state index is 11.6. The lowest BCUT2D eigenvalue weighted by Crippen LogP contribution is -2.10. The second kappa shape index (κ2) is 8.54. The smallest absolute Gasteiger partial charge is 0.230 e. The van der Waals surface area contributed by atoms with Gasteiger partial charge in [-0.25, -0.2) is 13.4 Å². The Bertz CT molecular complexity index is 1430. The average Bonchev–Trinajstić information content (AvgIpc) is 3.34. The van der Waals surface area contributed by atoms with E-state index in [1.54, 1.807) is 18.2 Å². The minimum absolute atomic E-state index is 0.168. The van der Waals surface area contributed by atoms with Gasteiger partial charge in [-0.2, -0.15) is 5.26 Å². The summed E-state index contributed by atoms with van der Waals surface area (Å²) in [5.41, 5.74) is 2.63. The molecule has 4 aromatic rings. The van der Waals surface area contributed by atoms with Gasteiger partial charge in [-0.15, -0.1) is 21.5 Å². The summed E-state index contributed by atoms with van der Waals surface area (Å²) < 4.78 is 26.4. The van der Waals surface area contributed by atoms with E-state index in [1.807, 2.05) is 12.1 Å².